The summed E-state index contributed by atoms with van der Waals surface area (Å²) in [4.78, 5) is 27.0. The van der Waals surface area contributed by atoms with E-state index in [1.807, 2.05) is 32.9 Å². The Bertz CT molecular complexity index is 806. The van der Waals surface area contributed by atoms with Crippen molar-refractivity contribution in [2.45, 2.75) is 52.7 Å². The highest BCUT2D eigenvalue weighted by molar-refractivity contribution is 5.88. The van der Waals surface area contributed by atoms with Gasteiger partial charge in [0.15, 0.2) is 6.61 Å². The third-order valence-electron chi connectivity index (χ3n) is 4.82. The summed E-state index contributed by atoms with van der Waals surface area (Å²) in [7, 11) is 0. The molecule has 2 aromatic rings. The molecule has 0 aliphatic carbocycles. The molecule has 2 rings (SSSR count). The van der Waals surface area contributed by atoms with E-state index >= 15 is 0 Å². The van der Waals surface area contributed by atoms with Gasteiger partial charge in [-0.25, -0.2) is 4.39 Å². The van der Waals surface area contributed by atoms with Crippen molar-refractivity contribution in [3.05, 3.63) is 65.5 Å². The molecular weight excluding hydrogens is 371 g/mol. The first-order valence-corrected chi connectivity index (χ1v) is 9.84. The largest absolute Gasteiger partial charge is 0.484 e. The molecule has 0 spiro atoms. The van der Waals surface area contributed by atoms with Crippen LogP contribution >= 0.6 is 0 Å². The van der Waals surface area contributed by atoms with Gasteiger partial charge >= 0.3 is 0 Å². The number of amides is 2. The van der Waals surface area contributed by atoms with E-state index in [1.165, 1.54) is 17.0 Å². The van der Waals surface area contributed by atoms with Crippen molar-refractivity contribution in [3.8, 4) is 5.75 Å². The van der Waals surface area contributed by atoms with E-state index in [-0.39, 0.29) is 36.8 Å². The molecule has 0 radical (unpaired) electrons. The standard InChI is InChI=1S/C23H29FN2O3/c1-5-17(3)25-23(28)18(4)26(14-19-8-10-20(24)11-9-19)22(27)15-29-21-12-6-16(2)7-13-21/h6-13,17-18H,5,14-15H2,1-4H3,(H,25,28). The van der Waals surface area contributed by atoms with Crippen LogP contribution in [0.4, 0.5) is 4.39 Å². The molecular formula is C23H29FN2O3. The monoisotopic (exact) mass is 400 g/mol. The van der Waals surface area contributed by atoms with Crippen LogP contribution < -0.4 is 10.1 Å². The Morgan fingerprint density at radius 1 is 1.07 bits per heavy atom. The van der Waals surface area contributed by atoms with Gasteiger partial charge in [0.25, 0.3) is 5.91 Å². The number of aryl methyl sites for hydroxylation is 1. The normalized spacial score (nSPS) is 12.7. The van der Waals surface area contributed by atoms with Gasteiger partial charge in [-0.05, 0) is 57.0 Å². The van der Waals surface area contributed by atoms with E-state index in [0.717, 1.165) is 17.5 Å². The highest BCUT2D eigenvalue weighted by Gasteiger charge is 2.27. The van der Waals surface area contributed by atoms with Crippen LogP contribution in [0.2, 0.25) is 0 Å². The van der Waals surface area contributed by atoms with Crippen molar-refractivity contribution in [1.82, 2.24) is 10.2 Å². The van der Waals surface area contributed by atoms with Gasteiger partial charge in [0, 0.05) is 12.6 Å². The zero-order valence-corrected chi connectivity index (χ0v) is 17.4. The summed E-state index contributed by atoms with van der Waals surface area (Å²) < 4.78 is 18.8. The van der Waals surface area contributed by atoms with E-state index in [4.69, 9.17) is 4.74 Å². The predicted octanol–water partition coefficient (Wildman–Crippen LogP) is 3.84. The number of carbonyl (C=O) groups is 2. The van der Waals surface area contributed by atoms with E-state index in [1.54, 1.807) is 31.2 Å². The molecule has 0 saturated carbocycles. The Balaban J connectivity index is 2.13. The number of nitrogens with zero attached hydrogens (tertiary/aromatic N) is 1. The molecule has 0 fully saturated rings. The fraction of sp³-hybridized carbons (Fsp3) is 0.391. The molecule has 5 nitrogen and oxygen atoms in total. The quantitative estimate of drug-likeness (QED) is 0.696. The van der Waals surface area contributed by atoms with Crippen molar-refractivity contribution >= 4 is 11.8 Å². The van der Waals surface area contributed by atoms with Crippen LogP contribution in [0.5, 0.6) is 5.75 Å². The van der Waals surface area contributed by atoms with E-state index in [2.05, 4.69) is 5.32 Å². The summed E-state index contributed by atoms with van der Waals surface area (Å²) in [6.45, 7) is 7.54. The van der Waals surface area contributed by atoms with Crippen LogP contribution in [-0.2, 0) is 16.1 Å². The second-order valence-electron chi connectivity index (χ2n) is 7.24. The average Bonchev–Trinajstić information content (AvgIpc) is 2.72. The van der Waals surface area contributed by atoms with Crippen molar-refractivity contribution in [3.63, 3.8) is 0 Å². The van der Waals surface area contributed by atoms with Gasteiger partial charge in [-0.3, -0.25) is 9.59 Å². The number of hydrogen-bond donors (Lipinski definition) is 1. The summed E-state index contributed by atoms with van der Waals surface area (Å²) in [5.74, 6) is -0.314. The van der Waals surface area contributed by atoms with Gasteiger partial charge < -0.3 is 15.0 Å². The number of benzene rings is 2. The van der Waals surface area contributed by atoms with E-state index in [9.17, 15) is 14.0 Å². The second kappa shape index (κ2) is 10.6. The molecule has 0 heterocycles. The Kier molecular flexibility index (Phi) is 8.19. The van der Waals surface area contributed by atoms with Gasteiger partial charge in [0.1, 0.15) is 17.6 Å². The summed E-state index contributed by atoms with van der Waals surface area (Å²) in [5.41, 5.74) is 1.83. The van der Waals surface area contributed by atoms with Gasteiger partial charge in [-0.15, -0.1) is 0 Å². The fourth-order valence-electron chi connectivity index (χ4n) is 2.70. The minimum absolute atomic E-state index is 0.0107. The van der Waals surface area contributed by atoms with Crippen LogP contribution in [0.25, 0.3) is 0 Å². The number of carbonyl (C=O) groups excluding carboxylic acids is 2. The van der Waals surface area contributed by atoms with Crippen LogP contribution in [0.1, 0.15) is 38.3 Å². The predicted molar refractivity (Wildman–Crippen MR) is 111 cm³/mol. The van der Waals surface area contributed by atoms with E-state index in [0.29, 0.717) is 5.75 Å². The molecule has 0 saturated heterocycles. The number of rotatable bonds is 9. The van der Waals surface area contributed by atoms with Crippen LogP contribution in [0.3, 0.4) is 0 Å². The molecule has 1 N–H and O–H groups in total. The fourth-order valence-corrected chi connectivity index (χ4v) is 2.70. The average molecular weight is 400 g/mol. The smallest absolute Gasteiger partial charge is 0.261 e. The summed E-state index contributed by atoms with van der Waals surface area (Å²) in [6, 6.07) is 12.6. The Morgan fingerprint density at radius 3 is 2.28 bits per heavy atom. The molecule has 2 amide bonds. The summed E-state index contributed by atoms with van der Waals surface area (Å²) in [5, 5.41) is 2.91. The lowest BCUT2D eigenvalue weighted by molar-refractivity contribution is -0.142. The lowest BCUT2D eigenvalue weighted by atomic mass is 10.1. The molecule has 156 valence electrons. The highest BCUT2D eigenvalue weighted by Crippen LogP contribution is 2.14. The Hall–Kier alpha value is -2.89. The molecule has 2 aromatic carbocycles. The zero-order chi connectivity index (χ0) is 21.4. The SMILES string of the molecule is CCC(C)NC(=O)C(C)N(Cc1ccc(F)cc1)C(=O)COc1ccc(C)cc1. The van der Waals surface area contributed by atoms with Gasteiger partial charge in [0.05, 0.1) is 0 Å². The topological polar surface area (TPSA) is 58.6 Å². The maximum absolute atomic E-state index is 13.2. The summed E-state index contributed by atoms with van der Waals surface area (Å²) >= 11 is 0. The first kappa shape index (κ1) is 22.4. The van der Waals surface area contributed by atoms with Crippen LogP contribution in [0.15, 0.2) is 48.5 Å². The molecule has 29 heavy (non-hydrogen) atoms. The second-order valence-corrected chi connectivity index (χ2v) is 7.24. The van der Waals surface area contributed by atoms with Crippen LogP contribution in [0, 0.1) is 12.7 Å². The molecule has 0 bridgehead atoms. The molecule has 0 aromatic heterocycles. The molecule has 2 unspecified atom stereocenters. The molecule has 2 atom stereocenters. The minimum atomic E-state index is -0.692. The van der Waals surface area contributed by atoms with Crippen molar-refractivity contribution in [1.29, 1.82) is 0 Å². The van der Waals surface area contributed by atoms with Gasteiger partial charge in [-0.1, -0.05) is 36.8 Å². The molecule has 0 aliphatic rings. The molecule has 0 aliphatic heterocycles. The first-order valence-electron chi connectivity index (χ1n) is 9.84. The highest BCUT2D eigenvalue weighted by atomic mass is 19.1. The maximum atomic E-state index is 13.2. The molecule has 6 heteroatoms. The van der Waals surface area contributed by atoms with Crippen molar-refractivity contribution < 1.29 is 18.7 Å². The number of nitrogens with one attached hydrogen (secondary N) is 1. The Morgan fingerprint density at radius 2 is 1.69 bits per heavy atom. The lowest BCUT2D eigenvalue weighted by Gasteiger charge is -2.29. The van der Waals surface area contributed by atoms with Crippen molar-refractivity contribution in [2.24, 2.45) is 0 Å². The van der Waals surface area contributed by atoms with E-state index < -0.39 is 6.04 Å². The van der Waals surface area contributed by atoms with Gasteiger partial charge in [0.2, 0.25) is 5.91 Å². The Labute approximate surface area is 171 Å². The maximum Gasteiger partial charge on any atom is 0.261 e. The van der Waals surface area contributed by atoms with Gasteiger partial charge in [-0.2, -0.15) is 0 Å². The third-order valence-corrected chi connectivity index (χ3v) is 4.82. The van der Waals surface area contributed by atoms with Crippen molar-refractivity contribution in [2.75, 3.05) is 6.61 Å². The third kappa shape index (κ3) is 6.89. The summed E-state index contributed by atoms with van der Waals surface area (Å²) in [6.07, 6.45) is 0.793. The minimum Gasteiger partial charge on any atom is -0.484 e. The zero-order valence-electron chi connectivity index (χ0n) is 17.4. The number of halogens is 1. The number of ether oxygens (including phenoxy) is 1. The van der Waals surface area contributed by atoms with Crippen LogP contribution in [-0.4, -0.2) is 35.4 Å². The first-order chi connectivity index (χ1) is 13.8. The number of hydrogen-bond acceptors (Lipinski definition) is 3. The lowest BCUT2D eigenvalue weighted by Crippen LogP contribution is -2.50.